The second kappa shape index (κ2) is 5.97. The van der Waals surface area contributed by atoms with Gasteiger partial charge in [-0.1, -0.05) is 0 Å². The molecule has 2 rings (SSSR count). The van der Waals surface area contributed by atoms with Crippen LogP contribution in [-0.2, 0) is 4.74 Å². The Morgan fingerprint density at radius 2 is 2.11 bits per heavy atom. The largest absolute Gasteiger partial charge is 0.460 e. The summed E-state index contributed by atoms with van der Waals surface area (Å²) in [5, 5.41) is 7.42. The fraction of sp³-hybridized carbons (Fsp3) is 0.615. The van der Waals surface area contributed by atoms with Gasteiger partial charge in [-0.2, -0.15) is 4.98 Å². The number of nitrogens with two attached hydrogens (primary N) is 1. The maximum atomic E-state index is 7.42. The molecule has 0 amide bonds. The smallest absolute Gasteiger partial charge is 0.317 e. The molecule has 1 aromatic rings. The fourth-order valence-electron chi connectivity index (χ4n) is 2.30. The fourth-order valence-corrected chi connectivity index (χ4v) is 2.30. The first-order valence-corrected chi connectivity index (χ1v) is 6.48. The Bertz CT molecular complexity index is 464. The number of aromatic nitrogens is 2. The standard InChI is InChI=1S/C13H20N4O2/c1-8-6-11(12(14)15)17-13(16-8)19-10-5-3-4-9(7-10)18-2/h6,9-10H,3-5,7H2,1-2H3,(H3,14,15). The van der Waals surface area contributed by atoms with Crippen LogP contribution in [-0.4, -0.2) is 35.1 Å². The van der Waals surface area contributed by atoms with Crippen LogP contribution in [0.4, 0.5) is 0 Å². The van der Waals surface area contributed by atoms with Gasteiger partial charge in [0.25, 0.3) is 0 Å². The minimum atomic E-state index is -0.0752. The van der Waals surface area contributed by atoms with E-state index in [0.717, 1.165) is 31.4 Å². The van der Waals surface area contributed by atoms with Gasteiger partial charge in [0, 0.05) is 19.2 Å². The summed E-state index contributed by atoms with van der Waals surface area (Å²) in [4.78, 5) is 8.39. The molecule has 0 saturated heterocycles. The van der Waals surface area contributed by atoms with Crippen LogP contribution in [0.2, 0.25) is 0 Å². The average Bonchev–Trinajstić information content (AvgIpc) is 2.38. The molecule has 19 heavy (non-hydrogen) atoms. The van der Waals surface area contributed by atoms with Gasteiger partial charge in [0.15, 0.2) is 0 Å². The molecular weight excluding hydrogens is 244 g/mol. The van der Waals surface area contributed by atoms with E-state index in [1.807, 2.05) is 6.92 Å². The lowest BCUT2D eigenvalue weighted by Crippen LogP contribution is -2.30. The van der Waals surface area contributed by atoms with Gasteiger partial charge >= 0.3 is 6.01 Å². The van der Waals surface area contributed by atoms with E-state index in [2.05, 4.69) is 9.97 Å². The van der Waals surface area contributed by atoms with E-state index in [1.165, 1.54) is 0 Å². The van der Waals surface area contributed by atoms with Crippen molar-refractivity contribution in [1.29, 1.82) is 5.41 Å². The third kappa shape index (κ3) is 3.64. The van der Waals surface area contributed by atoms with Gasteiger partial charge in [-0.15, -0.1) is 0 Å². The van der Waals surface area contributed by atoms with Crippen molar-refractivity contribution in [1.82, 2.24) is 9.97 Å². The summed E-state index contributed by atoms with van der Waals surface area (Å²) >= 11 is 0. The van der Waals surface area contributed by atoms with Crippen molar-refractivity contribution in [3.63, 3.8) is 0 Å². The minimum absolute atomic E-state index is 0.0697. The number of amidine groups is 1. The summed E-state index contributed by atoms with van der Waals surface area (Å²) in [6, 6.07) is 1.97. The van der Waals surface area contributed by atoms with E-state index in [9.17, 15) is 0 Å². The Hall–Kier alpha value is -1.69. The second-order valence-electron chi connectivity index (χ2n) is 4.85. The SMILES string of the molecule is COC1CCCC(Oc2nc(C)cc(C(=N)N)n2)C1. The number of hydrogen-bond acceptors (Lipinski definition) is 5. The molecule has 2 unspecified atom stereocenters. The normalized spacial score (nSPS) is 23.1. The Labute approximate surface area is 112 Å². The van der Waals surface area contributed by atoms with Crippen LogP contribution in [0.1, 0.15) is 37.1 Å². The molecule has 0 bridgehead atoms. The first kappa shape index (κ1) is 13.7. The minimum Gasteiger partial charge on any atom is -0.460 e. The molecule has 0 radical (unpaired) electrons. The summed E-state index contributed by atoms with van der Waals surface area (Å²) < 4.78 is 11.2. The second-order valence-corrected chi connectivity index (χ2v) is 4.85. The Balaban J connectivity index is 2.08. The van der Waals surface area contributed by atoms with E-state index >= 15 is 0 Å². The van der Waals surface area contributed by atoms with Gasteiger partial charge in [-0.25, -0.2) is 4.98 Å². The van der Waals surface area contributed by atoms with Crippen molar-refractivity contribution >= 4 is 5.84 Å². The molecule has 1 saturated carbocycles. The lowest BCUT2D eigenvalue weighted by Gasteiger charge is -2.27. The summed E-state index contributed by atoms with van der Waals surface area (Å²) in [7, 11) is 1.73. The number of hydrogen-bond donors (Lipinski definition) is 2. The first-order valence-electron chi connectivity index (χ1n) is 6.48. The van der Waals surface area contributed by atoms with Crippen LogP contribution in [0.3, 0.4) is 0 Å². The molecule has 2 atom stereocenters. The van der Waals surface area contributed by atoms with Crippen molar-refractivity contribution in [2.45, 2.75) is 44.8 Å². The number of nitrogen functional groups attached to an aromatic ring is 1. The molecular formula is C13H20N4O2. The molecule has 1 fully saturated rings. The molecule has 1 aliphatic carbocycles. The monoisotopic (exact) mass is 264 g/mol. The summed E-state index contributed by atoms with van der Waals surface area (Å²) in [6.07, 6.45) is 4.30. The Kier molecular flexibility index (Phi) is 4.31. The third-order valence-corrected chi connectivity index (χ3v) is 3.29. The Morgan fingerprint density at radius 1 is 1.37 bits per heavy atom. The average molecular weight is 264 g/mol. The van der Waals surface area contributed by atoms with Crippen molar-refractivity contribution in [3.8, 4) is 6.01 Å². The predicted molar refractivity (Wildman–Crippen MR) is 71.5 cm³/mol. The van der Waals surface area contributed by atoms with Crippen LogP contribution < -0.4 is 10.5 Å². The van der Waals surface area contributed by atoms with Gasteiger partial charge in [0.05, 0.1) is 6.10 Å². The number of nitrogens with one attached hydrogen (secondary N) is 1. The predicted octanol–water partition coefficient (Wildman–Crippen LogP) is 1.41. The van der Waals surface area contributed by atoms with Crippen LogP contribution in [0.5, 0.6) is 6.01 Å². The van der Waals surface area contributed by atoms with Crippen molar-refractivity contribution < 1.29 is 9.47 Å². The highest BCUT2D eigenvalue weighted by atomic mass is 16.5. The lowest BCUT2D eigenvalue weighted by atomic mass is 9.95. The van der Waals surface area contributed by atoms with E-state index in [0.29, 0.717) is 11.7 Å². The number of aryl methyl sites for hydroxylation is 1. The van der Waals surface area contributed by atoms with Crippen molar-refractivity contribution in [2.24, 2.45) is 5.73 Å². The molecule has 1 heterocycles. The van der Waals surface area contributed by atoms with Gasteiger partial charge in [-0.05, 0) is 32.3 Å². The zero-order valence-corrected chi connectivity index (χ0v) is 11.3. The topological polar surface area (TPSA) is 94.1 Å². The van der Waals surface area contributed by atoms with E-state index in [-0.39, 0.29) is 18.0 Å². The third-order valence-electron chi connectivity index (χ3n) is 3.29. The maximum absolute atomic E-state index is 7.42. The first-order chi connectivity index (χ1) is 9.08. The molecule has 6 nitrogen and oxygen atoms in total. The van der Waals surface area contributed by atoms with Crippen molar-refractivity contribution in [3.05, 3.63) is 17.5 Å². The van der Waals surface area contributed by atoms with E-state index in [4.69, 9.17) is 20.6 Å². The van der Waals surface area contributed by atoms with E-state index < -0.39 is 0 Å². The summed E-state index contributed by atoms with van der Waals surface area (Å²) in [5.41, 5.74) is 6.59. The zero-order chi connectivity index (χ0) is 13.8. The number of rotatable bonds is 4. The molecule has 3 N–H and O–H groups in total. The van der Waals surface area contributed by atoms with E-state index in [1.54, 1.807) is 13.2 Å². The number of methoxy groups -OCH3 is 1. The van der Waals surface area contributed by atoms with Crippen molar-refractivity contribution in [2.75, 3.05) is 7.11 Å². The molecule has 1 aliphatic rings. The van der Waals surface area contributed by atoms with Gasteiger partial charge in [0.1, 0.15) is 17.6 Å². The van der Waals surface area contributed by atoms with Gasteiger partial charge < -0.3 is 15.2 Å². The highest BCUT2D eigenvalue weighted by Gasteiger charge is 2.24. The maximum Gasteiger partial charge on any atom is 0.317 e. The quantitative estimate of drug-likeness (QED) is 0.633. The Morgan fingerprint density at radius 3 is 2.79 bits per heavy atom. The molecule has 0 aromatic carbocycles. The zero-order valence-electron chi connectivity index (χ0n) is 11.3. The van der Waals surface area contributed by atoms with Gasteiger partial charge in [-0.3, -0.25) is 5.41 Å². The number of nitrogens with zero attached hydrogens (tertiary/aromatic N) is 2. The molecule has 6 heteroatoms. The summed E-state index contributed by atoms with van der Waals surface area (Å²) in [6.45, 7) is 1.83. The van der Waals surface area contributed by atoms with Crippen LogP contribution in [0.25, 0.3) is 0 Å². The lowest BCUT2D eigenvalue weighted by molar-refractivity contribution is 0.0178. The molecule has 0 spiro atoms. The van der Waals surface area contributed by atoms with Crippen LogP contribution in [0.15, 0.2) is 6.07 Å². The molecule has 1 aromatic heterocycles. The van der Waals surface area contributed by atoms with Crippen LogP contribution >= 0.6 is 0 Å². The summed E-state index contributed by atoms with van der Waals surface area (Å²) in [5.74, 6) is -0.0752. The highest BCUT2D eigenvalue weighted by molar-refractivity contribution is 5.93. The molecule has 0 aliphatic heterocycles. The van der Waals surface area contributed by atoms with Gasteiger partial charge in [0.2, 0.25) is 0 Å². The molecule has 104 valence electrons. The number of ether oxygens (including phenoxy) is 2. The van der Waals surface area contributed by atoms with Crippen LogP contribution in [0, 0.1) is 12.3 Å². The highest BCUT2D eigenvalue weighted by Crippen LogP contribution is 2.24.